The zero-order chi connectivity index (χ0) is 12.5. The lowest BCUT2D eigenvalue weighted by Gasteiger charge is -2.16. The molecule has 0 radical (unpaired) electrons. The predicted octanol–water partition coefficient (Wildman–Crippen LogP) is 2.81. The van der Waals surface area contributed by atoms with E-state index in [9.17, 15) is 0 Å². The molecule has 3 heteroatoms. The molecule has 0 aromatic heterocycles. The molecule has 2 N–H and O–H groups in total. The van der Waals surface area contributed by atoms with Gasteiger partial charge in [0.15, 0.2) is 9.04 Å². The van der Waals surface area contributed by atoms with Crippen molar-refractivity contribution < 1.29 is 4.43 Å². The number of rotatable bonds is 2. The standard InChI is InChI=1S/C9H11N.C5H12OSi/c1-8(7-10)9-5-3-2-4-6-9;1-7-5-3-2-4-6-7/h2-6H,1,7,10H2;7H,2-5H2,1H3. The van der Waals surface area contributed by atoms with Crippen molar-refractivity contribution in [3.8, 4) is 0 Å². The molecule has 2 nitrogen and oxygen atoms in total. The molecule has 0 bridgehead atoms. The highest BCUT2D eigenvalue weighted by Crippen LogP contribution is 2.09. The highest BCUT2D eigenvalue weighted by atomic mass is 28.3. The number of hydrogen-bond acceptors (Lipinski definition) is 2. The zero-order valence-corrected chi connectivity index (χ0v) is 11.8. The molecule has 1 aliphatic rings. The minimum absolute atomic E-state index is 0.532. The van der Waals surface area contributed by atoms with Crippen molar-refractivity contribution in [3.05, 3.63) is 42.5 Å². The van der Waals surface area contributed by atoms with Crippen LogP contribution in [0.25, 0.3) is 5.57 Å². The van der Waals surface area contributed by atoms with Gasteiger partial charge >= 0.3 is 0 Å². The summed E-state index contributed by atoms with van der Waals surface area (Å²) in [5, 5.41) is 0. The van der Waals surface area contributed by atoms with Crippen LogP contribution < -0.4 is 5.73 Å². The van der Waals surface area contributed by atoms with Crippen molar-refractivity contribution in [1.82, 2.24) is 0 Å². The molecule has 1 aromatic carbocycles. The van der Waals surface area contributed by atoms with Gasteiger partial charge < -0.3 is 10.2 Å². The molecular formula is C14H23NOSi. The normalized spacial score (nSPS) is 19.1. The molecule has 1 atom stereocenters. The molecule has 1 aromatic rings. The molecule has 1 aliphatic heterocycles. The van der Waals surface area contributed by atoms with E-state index in [0.29, 0.717) is 6.54 Å². The molecule has 1 unspecified atom stereocenters. The average Bonchev–Trinajstić information content (AvgIpc) is 2.40. The predicted molar refractivity (Wildman–Crippen MR) is 77.5 cm³/mol. The lowest BCUT2D eigenvalue weighted by Crippen LogP contribution is -2.18. The second-order valence-corrected chi connectivity index (χ2v) is 6.88. The van der Waals surface area contributed by atoms with Gasteiger partial charge in [-0.15, -0.1) is 0 Å². The molecule has 1 heterocycles. The maximum Gasteiger partial charge on any atom is 0.173 e. The Hall–Kier alpha value is -0.903. The Kier molecular flexibility index (Phi) is 6.85. The van der Waals surface area contributed by atoms with E-state index < -0.39 is 9.04 Å². The third kappa shape index (κ3) is 5.82. The summed E-state index contributed by atoms with van der Waals surface area (Å²) in [6, 6.07) is 11.4. The van der Waals surface area contributed by atoms with Crippen molar-refractivity contribution in [2.24, 2.45) is 5.73 Å². The number of benzene rings is 1. The summed E-state index contributed by atoms with van der Waals surface area (Å²) in [6.45, 7) is 7.68. The number of nitrogens with two attached hydrogens (primary N) is 1. The summed E-state index contributed by atoms with van der Waals surface area (Å²) < 4.78 is 5.42. The summed E-state index contributed by atoms with van der Waals surface area (Å²) in [5.41, 5.74) is 7.52. The molecule has 0 saturated carbocycles. The first-order chi connectivity index (χ1) is 8.24. The Bertz CT molecular complexity index is 320. The SMILES string of the molecule is C=C(CN)c1ccccc1.C[SiH]1CCCCO1. The minimum atomic E-state index is -0.595. The number of hydrogen-bond donors (Lipinski definition) is 1. The van der Waals surface area contributed by atoms with Crippen LogP contribution in [-0.4, -0.2) is 22.2 Å². The molecule has 94 valence electrons. The van der Waals surface area contributed by atoms with E-state index in [1.54, 1.807) is 0 Å². The van der Waals surface area contributed by atoms with E-state index >= 15 is 0 Å². The van der Waals surface area contributed by atoms with E-state index in [1.807, 2.05) is 30.3 Å². The maximum absolute atomic E-state index is 5.42. The van der Waals surface area contributed by atoms with Gasteiger partial charge in [0, 0.05) is 13.2 Å². The average molecular weight is 249 g/mol. The Labute approximate surface area is 106 Å². The maximum atomic E-state index is 5.42. The van der Waals surface area contributed by atoms with Gasteiger partial charge in [0.2, 0.25) is 0 Å². The Morgan fingerprint density at radius 1 is 1.35 bits per heavy atom. The third-order valence-corrected chi connectivity index (χ3v) is 4.86. The molecule has 0 amide bonds. The first-order valence-corrected chi connectivity index (χ1v) is 8.73. The quantitative estimate of drug-likeness (QED) is 0.818. The Balaban J connectivity index is 0.000000181. The van der Waals surface area contributed by atoms with Gasteiger partial charge in [-0.25, -0.2) is 0 Å². The summed E-state index contributed by atoms with van der Waals surface area (Å²) in [7, 11) is -0.595. The van der Waals surface area contributed by atoms with Gasteiger partial charge in [0.25, 0.3) is 0 Å². The smallest absolute Gasteiger partial charge is 0.173 e. The zero-order valence-electron chi connectivity index (χ0n) is 10.7. The van der Waals surface area contributed by atoms with Crippen LogP contribution in [0.3, 0.4) is 0 Å². The molecule has 2 rings (SSSR count). The summed E-state index contributed by atoms with van der Waals surface area (Å²) in [5.74, 6) is 0. The van der Waals surface area contributed by atoms with Gasteiger partial charge in [-0.1, -0.05) is 43.3 Å². The van der Waals surface area contributed by atoms with Crippen molar-refractivity contribution in [2.45, 2.75) is 25.4 Å². The topological polar surface area (TPSA) is 35.2 Å². The van der Waals surface area contributed by atoms with Gasteiger partial charge in [-0.05, 0) is 30.1 Å². The lowest BCUT2D eigenvalue weighted by atomic mass is 10.1. The Morgan fingerprint density at radius 3 is 2.47 bits per heavy atom. The van der Waals surface area contributed by atoms with E-state index in [-0.39, 0.29) is 0 Å². The third-order valence-electron chi connectivity index (χ3n) is 2.84. The van der Waals surface area contributed by atoms with Gasteiger partial charge in [0.1, 0.15) is 0 Å². The lowest BCUT2D eigenvalue weighted by molar-refractivity contribution is 0.291. The highest BCUT2D eigenvalue weighted by Gasteiger charge is 2.08. The Morgan fingerprint density at radius 2 is 2.06 bits per heavy atom. The summed E-state index contributed by atoms with van der Waals surface area (Å²) in [6.07, 6.45) is 2.73. The summed E-state index contributed by atoms with van der Waals surface area (Å²) >= 11 is 0. The van der Waals surface area contributed by atoms with Gasteiger partial charge in [0.05, 0.1) is 0 Å². The van der Waals surface area contributed by atoms with Crippen LogP contribution in [0.2, 0.25) is 12.6 Å². The van der Waals surface area contributed by atoms with Crippen molar-refractivity contribution in [3.63, 3.8) is 0 Å². The van der Waals surface area contributed by atoms with Crippen LogP contribution in [-0.2, 0) is 4.43 Å². The van der Waals surface area contributed by atoms with Crippen LogP contribution in [0, 0.1) is 0 Å². The fraction of sp³-hybridized carbons (Fsp3) is 0.429. The molecular weight excluding hydrogens is 226 g/mol. The first kappa shape index (κ1) is 14.2. The van der Waals surface area contributed by atoms with E-state index in [4.69, 9.17) is 10.2 Å². The van der Waals surface area contributed by atoms with Crippen LogP contribution in [0.4, 0.5) is 0 Å². The fourth-order valence-electron chi connectivity index (χ4n) is 1.69. The van der Waals surface area contributed by atoms with Gasteiger partial charge in [-0.2, -0.15) is 0 Å². The second-order valence-electron chi connectivity index (χ2n) is 4.35. The van der Waals surface area contributed by atoms with E-state index in [2.05, 4.69) is 13.1 Å². The highest BCUT2D eigenvalue weighted by molar-refractivity contribution is 6.50. The fourth-order valence-corrected chi connectivity index (χ4v) is 3.29. The molecule has 0 aliphatic carbocycles. The van der Waals surface area contributed by atoms with Crippen molar-refractivity contribution in [2.75, 3.05) is 13.2 Å². The van der Waals surface area contributed by atoms with Crippen molar-refractivity contribution >= 4 is 14.6 Å². The van der Waals surface area contributed by atoms with E-state index in [0.717, 1.165) is 17.7 Å². The van der Waals surface area contributed by atoms with Crippen LogP contribution in [0.5, 0.6) is 0 Å². The molecule has 0 spiro atoms. The molecule has 17 heavy (non-hydrogen) atoms. The van der Waals surface area contributed by atoms with Crippen LogP contribution in [0.1, 0.15) is 18.4 Å². The van der Waals surface area contributed by atoms with E-state index in [1.165, 1.54) is 18.9 Å². The largest absolute Gasteiger partial charge is 0.420 e. The van der Waals surface area contributed by atoms with Crippen LogP contribution >= 0.6 is 0 Å². The monoisotopic (exact) mass is 249 g/mol. The molecule has 1 fully saturated rings. The van der Waals surface area contributed by atoms with Crippen LogP contribution in [0.15, 0.2) is 36.9 Å². The minimum Gasteiger partial charge on any atom is -0.420 e. The van der Waals surface area contributed by atoms with Crippen molar-refractivity contribution in [1.29, 1.82) is 0 Å². The van der Waals surface area contributed by atoms with Gasteiger partial charge in [-0.3, -0.25) is 0 Å². The molecule has 1 saturated heterocycles. The summed E-state index contributed by atoms with van der Waals surface area (Å²) in [4.78, 5) is 0. The second kappa shape index (κ2) is 8.23. The first-order valence-electron chi connectivity index (χ1n) is 6.29.